The van der Waals surface area contributed by atoms with Gasteiger partial charge >= 0.3 is 12.6 Å². The molecule has 0 spiro atoms. The molecule has 8 nitrogen and oxygen atoms in total. The molecule has 2 aromatic carbocycles. The summed E-state index contributed by atoms with van der Waals surface area (Å²) in [7, 11) is 3.44. The number of aromatic nitrogens is 1. The van der Waals surface area contributed by atoms with E-state index in [4.69, 9.17) is 37.4 Å². The first-order valence-corrected chi connectivity index (χ1v) is 16.1. The molecule has 1 saturated heterocycles. The van der Waals surface area contributed by atoms with Crippen LogP contribution in [0.25, 0.3) is 0 Å². The Hall–Kier alpha value is -3.47. The predicted molar refractivity (Wildman–Crippen MR) is 169 cm³/mol. The lowest BCUT2D eigenvalue weighted by Crippen LogP contribution is -2.32. The fourth-order valence-electron chi connectivity index (χ4n) is 5.64. The van der Waals surface area contributed by atoms with Crippen molar-refractivity contribution in [2.24, 2.45) is 5.92 Å². The number of rotatable bonds is 14. The molecule has 2 aliphatic rings. The first kappa shape index (κ1) is 33.9. The topological polar surface area (TPSA) is 82.5 Å². The lowest BCUT2D eigenvalue weighted by molar-refractivity contribution is -0.377. The van der Waals surface area contributed by atoms with Gasteiger partial charge in [-0.1, -0.05) is 41.4 Å². The van der Waals surface area contributed by atoms with Crippen LogP contribution in [-0.2, 0) is 22.5 Å². The number of nitrogens with zero attached hydrogens (tertiary/aromatic N) is 2. The first-order chi connectivity index (χ1) is 22.1. The van der Waals surface area contributed by atoms with Gasteiger partial charge in [0.15, 0.2) is 23.9 Å². The van der Waals surface area contributed by atoms with Crippen molar-refractivity contribution in [3.8, 4) is 11.5 Å². The molecule has 2 atom stereocenters. The molecule has 46 heavy (non-hydrogen) atoms. The van der Waals surface area contributed by atoms with Crippen LogP contribution < -0.4 is 14.5 Å². The third kappa shape index (κ3) is 9.08. The Kier molecular flexibility index (Phi) is 11.4. The fourth-order valence-corrected chi connectivity index (χ4v) is 6.17. The van der Waals surface area contributed by atoms with Crippen molar-refractivity contribution in [3.05, 3.63) is 87.2 Å². The van der Waals surface area contributed by atoms with Gasteiger partial charge in [0.25, 0.3) is 5.91 Å². The van der Waals surface area contributed by atoms with Gasteiger partial charge in [-0.2, -0.15) is 8.78 Å². The smallest absolute Gasteiger partial charge is 0.387 e. The number of likely N-dealkylation sites (tertiary alicyclic amines) is 1. The maximum atomic E-state index is 13.6. The first-order valence-electron chi connectivity index (χ1n) is 15.4. The number of carbonyl (C=O) groups is 2. The van der Waals surface area contributed by atoms with Gasteiger partial charge in [0, 0.05) is 44.2 Å². The average molecular weight is 678 g/mol. The monoisotopic (exact) mass is 676 g/mol. The van der Waals surface area contributed by atoms with Gasteiger partial charge in [0.2, 0.25) is 0 Å². The number of hydrogen-bond donors (Lipinski definition) is 0. The number of H-pyrrole nitrogens is 1. The van der Waals surface area contributed by atoms with E-state index >= 15 is 0 Å². The number of halogens is 4. The van der Waals surface area contributed by atoms with E-state index < -0.39 is 18.7 Å². The second-order valence-electron chi connectivity index (χ2n) is 12.0. The van der Waals surface area contributed by atoms with Gasteiger partial charge in [0.05, 0.1) is 13.0 Å². The van der Waals surface area contributed by atoms with E-state index in [0.717, 1.165) is 37.8 Å². The Morgan fingerprint density at radius 1 is 1.04 bits per heavy atom. The van der Waals surface area contributed by atoms with Crippen LogP contribution in [0, 0.1) is 5.92 Å². The summed E-state index contributed by atoms with van der Waals surface area (Å²) in [5.74, 6) is -0.0448. The second kappa shape index (κ2) is 15.4. The SMILES string of the molecule is CN(C)C(=O)c1cccc(CN2CCC[C@H]2CC(=O)O[C@@H](Cc2c(Cl)c[nH+]cc2Cl)c2ccc(OC(F)F)c(OCC3CC3)c2)c1. The molecular formula is C34H38Cl2F2N3O5+. The van der Waals surface area contributed by atoms with Crippen LogP contribution in [0.4, 0.5) is 8.78 Å². The number of ether oxygens (including phenoxy) is 3. The molecule has 1 saturated carbocycles. The molecule has 12 heteroatoms. The number of esters is 1. The number of benzene rings is 2. The van der Waals surface area contributed by atoms with Crippen LogP contribution in [0.3, 0.4) is 0 Å². The van der Waals surface area contributed by atoms with E-state index in [1.807, 2.05) is 18.2 Å². The van der Waals surface area contributed by atoms with Crippen LogP contribution in [0.15, 0.2) is 54.9 Å². The van der Waals surface area contributed by atoms with Gasteiger partial charge in [-0.25, -0.2) is 4.98 Å². The Bertz CT molecular complexity index is 1520. The highest BCUT2D eigenvalue weighted by Crippen LogP contribution is 2.38. The fraction of sp³-hybridized carbons (Fsp3) is 0.441. The van der Waals surface area contributed by atoms with E-state index in [-0.39, 0.29) is 36.3 Å². The van der Waals surface area contributed by atoms with E-state index in [1.54, 1.807) is 49.6 Å². The number of carbonyl (C=O) groups excluding carboxylic acids is 2. The highest BCUT2D eigenvalue weighted by molar-refractivity contribution is 6.35. The highest BCUT2D eigenvalue weighted by atomic mass is 35.5. The molecule has 0 unspecified atom stereocenters. The lowest BCUT2D eigenvalue weighted by atomic mass is 10.0. The van der Waals surface area contributed by atoms with Gasteiger partial charge in [-0.05, 0) is 73.5 Å². The van der Waals surface area contributed by atoms with Crippen LogP contribution >= 0.6 is 23.2 Å². The minimum atomic E-state index is -3.02. The Morgan fingerprint density at radius 3 is 2.50 bits per heavy atom. The van der Waals surface area contributed by atoms with Crippen LogP contribution in [0.1, 0.15) is 65.3 Å². The molecule has 2 fully saturated rings. The third-order valence-corrected chi connectivity index (χ3v) is 8.93. The van der Waals surface area contributed by atoms with Crippen molar-refractivity contribution < 1.29 is 37.6 Å². The number of aromatic amines is 1. The largest absolute Gasteiger partial charge is 0.489 e. The molecule has 3 aromatic rings. The molecule has 1 aliphatic carbocycles. The number of pyridine rings is 1. The van der Waals surface area contributed by atoms with Crippen molar-refractivity contribution in [2.75, 3.05) is 27.2 Å². The number of nitrogens with one attached hydrogen (secondary N) is 1. The minimum absolute atomic E-state index is 0.0564. The maximum absolute atomic E-state index is 13.6. The summed E-state index contributed by atoms with van der Waals surface area (Å²) >= 11 is 12.9. The maximum Gasteiger partial charge on any atom is 0.387 e. The van der Waals surface area contributed by atoms with E-state index in [2.05, 4.69) is 9.88 Å². The van der Waals surface area contributed by atoms with Crippen molar-refractivity contribution in [1.29, 1.82) is 0 Å². The van der Waals surface area contributed by atoms with E-state index in [0.29, 0.717) is 45.8 Å². The molecule has 1 amide bonds. The van der Waals surface area contributed by atoms with Gasteiger partial charge in [-0.3, -0.25) is 14.5 Å². The summed E-state index contributed by atoms with van der Waals surface area (Å²) in [5.41, 5.74) is 2.71. The third-order valence-electron chi connectivity index (χ3n) is 8.25. The molecule has 5 rings (SSSR count). The predicted octanol–water partition coefficient (Wildman–Crippen LogP) is 6.78. The quantitative estimate of drug-likeness (QED) is 0.175. The zero-order chi connectivity index (χ0) is 32.8. The van der Waals surface area contributed by atoms with Gasteiger partial charge < -0.3 is 19.1 Å². The Morgan fingerprint density at radius 2 is 1.80 bits per heavy atom. The Balaban J connectivity index is 1.34. The minimum Gasteiger partial charge on any atom is -0.489 e. The lowest BCUT2D eigenvalue weighted by Gasteiger charge is -2.26. The molecule has 1 N–H and O–H groups in total. The molecule has 246 valence electrons. The van der Waals surface area contributed by atoms with E-state index in [1.165, 1.54) is 6.07 Å². The van der Waals surface area contributed by atoms with Crippen molar-refractivity contribution in [2.45, 2.75) is 63.8 Å². The molecular weight excluding hydrogens is 639 g/mol. The zero-order valence-electron chi connectivity index (χ0n) is 25.8. The van der Waals surface area contributed by atoms with Crippen LogP contribution in [0.5, 0.6) is 11.5 Å². The van der Waals surface area contributed by atoms with Crippen molar-refractivity contribution >= 4 is 35.1 Å². The summed E-state index contributed by atoms with van der Waals surface area (Å²) in [6.45, 7) is -1.24. The summed E-state index contributed by atoms with van der Waals surface area (Å²) < 4.78 is 43.0. The van der Waals surface area contributed by atoms with Crippen LogP contribution in [0.2, 0.25) is 10.0 Å². The highest BCUT2D eigenvalue weighted by Gasteiger charge is 2.30. The number of hydrogen-bond acceptors (Lipinski definition) is 6. The van der Waals surface area contributed by atoms with E-state index in [9.17, 15) is 18.4 Å². The summed E-state index contributed by atoms with van der Waals surface area (Å²) in [4.78, 5) is 32.7. The van der Waals surface area contributed by atoms with Gasteiger partial charge in [-0.15, -0.1) is 0 Å². The van der Waals surface area contributed by atoms with Crippen molar-refractivity contribution in [3.63, 3.8) is 0 Å². The molecule has 2 heterocycles. The molecule has 0 radical (unpaired) electrons. The Labute approximate surface area is 277 Å². The second-order valence-corrected chi connectivity index (χ2v) is 12.8. The standard InChI is InChI=1S/C34H37Cl2F2N3O5/c1-40(2)33(43)24-6-3-5-22(13-24)19-41-12-4-7-25(41)15-32(42)45-30(16-26-27(35)17-39-18-28(26)36)23-10-11-29(46-34(37)38)31(14-23)44-20-21-8-9-21/h3,5-6,10-11,13-14,17-18,21,25,30,34H,4,7-9,12,15-16,19-20H2,1-2H3/p+1/t25-,30-/m0/s1. The normalized spacial score (nSPS) is 17.2. The number of alkyl halides is 2. The zero-order valence-corrected chi connectivity index (χ0v) is 27.3. The van der Waals surface area contributed by atoms with Gasteiger partial charge in [0.1, 0.15) is 16.1 Å². The average Bonchev–Trinajstić information content (AvgIpc) is 3.76. The molecule has 1 aromatic heterocycles. The summed E-state index contributed by atoms with van der Waals surface area (Å²) in [6.07, 6.45) is 6.42. The molecule has 0 bridgehead atoms. The summed E-state index contributed by atoms with van der Waals surface area (Å²) in [6, 6.07) is 12.0. The number of amides is 1. The summed E-state index contributed by atoms with van der Waals surface area (Å²) in [5, 5.41) is 0.738. The van der Waals surface area contributed by atoms with Crippen molar-refractivity contribution in [1.82, 2.24) is 9.80 Å². The van der Waals surface area contributed by atoms with Crippen LogP contribution in [-0.4, -0.2) is 61.6 Å². The molecule has 1 aliphatic heterocycles.